The lowest BCUT2D eigenvalue weighted by Gasteiger charge is -2.10. The molecular weight excluding hydrogens is 464 g/mol. The van der Waals surface area contributed by atoms with E-state index in [9.17, 15) is 5.26 Å². The molecule has 4 heteroatoms. The largest absolute Gasteiger partial charge is 0.405 e. The lowest BCUT2D eigenvalue weighted by atomic mass is 10.0. The normalized spacial score (nSPS) is 11.9. The first kappa shape index (κ1) is 23.0. The van der Waals surface area contributed by atoms with Crippen LogP contribution in [0.5, 0.6) is 0 Å². The second-order valence-electron chi connectivity index (χ2n) is 9.09. The van der Waals surface area contributed by atoms with Crippen LogP contribution in [0.1, 0.15) is 5.69 Å². The first-order chi connectivity index (χ1) is 18.7. The number of nitriles is 1. The second-order valence-corrected chi connectivity index (χ2v) is 9.09. The highest BCUT2D eigenvalue weighted by Crippen LogP contribution is 2.38. The van der Waals surface area contributed by atoms with Crippen LogP contribution in [0.4, 0.5) is 0 Å². The van der Waals surface area contributed by atoms with Crippen LogP contribution >= 0.6 is 0 Å². The number of fused-ring (bicyclic) bond motifs is 5. The smallest absolute Gasteiger partial charge is 0.0985 e. The van der Waals surface area contributed by atoms with Crippen LogP contribution in [0.3, 0.4) is 0 Å². The predicted octanol–water partition coefficient (Wildman–Crippen LogP) is 7.93. The maximum Gasteiger partial charge on any atom is 0.0985 e. The Balaban J connectivity index is 1.61. The van der Waals surface area contributed by atoms with E-state index in [0.717, 1.165) is 39.2 Å². The number of rotatable bonds is 5. The van der Waals surface area contributed by atoms with Gasteiger partial charge in [-0.25, -0.2) is 4.98 Å². The number of aromatic nitrogens is 2. The van der Waals surface area contributed by atoms with Gasteiger partial charge in [0.2, 0.25) is 0 Å². The summed E-state index contributed by atoms with van der Waals surface area (Å²) in [6.07, 6.45) is 4.87. The van der Waals surface area contributed by atoms with Crippen molar-refractivity contribution in [2.45, 2.75) is 0 Å². The van der Waals surface area contributed by atoms with E-state index in [1.54, 1.807) is 12.2 Å². The van der Waals surface area contributed by atoms with Crippen molar-refractivity contribution < 1.29 is 0 Å². The van der Waals surface area contributed by atoms with Gasteiger partial charge in [0, 0.05) is 33.2 Å². The number of allylic oxidation sites excluding steroid dienone is 4. The van der Waals surface area contributed by atoms with E-state index in [1.807, 2.05) is 24.3 Å². The third-order valence-electron chi connectivity index (χ3n) is 6.76. The fourth-order valence-electron chi connectivity index (χ4n) is 5.09. The van der Waals surface area contributed by atoms with Gasteiger partial charge in [0.15, 0.2) is 0 Å². The molecule has 0 aliphatic heterocycles. The quantitative estimate of drug-likeness (QED) is 0.198. The zero-order valence-corrected chi connectivity index (χ0v) is 20.7. The Labute approximate surface area is 220 Å². The van der Waals surface area contributed by atoms with Gasteiger partial charge in [0.1, 0.15) is 0 Å². The van der Waals surface area contributed by atoms with Crippen molar-refractivity contribution in [3.8, 4) is 23.0 Å². The van der Waals surface area contributed by atoms with Crippen molar-refractivity contribution in [3.63, 3.8) is 0 Å². The summed E-state index contributed by atoms with van der Waals surface area (Å²) in [4.78, 5) is 4.93. The number of nitrogens with zero attached hydrogens (tertiary/aromatic N) is 3. The summed E-state index contributed by atoms with van der Waals surface area (Å²) in [6, 6.07) is 37.8. The van der Waals surface area contributed by atoms with Crippen LogP contribution in [-0.4, -0.2) is 9.55 Å². The summed E-state index contributed by atoms with van der Waals surface area (Å²) in [5, 5.41) is 14.1. The highest BCUT2D eigenvalue weighted by molar-refractivity contribution is 6.21. The van der Waals surface area contributed by atoms with Gasteiger partial charge in [-0.2, -0.15) is 5.26 Å². The molecule has 6 aromatic rings. The van der Waals surface area contributed by atoms with Crippen LogP contribution in [0.15, 0.2) is 134 Å². The average Bonchev–Trinajstić information content (AvgIpc) is 3.31. The zero-order chi connectivity index (χ0) is 26.1. The van der Waals surface area contributed by atoms with Crippen LogP contribution in [0.25, 0.3) is 55.1 Å². The molecule has 6 rings (SSSR count). The van der Waals surface area contributed by atoms with E-state index < -0.39 is 0 Å². The third-order valence-corrected chi connectivity index (χ3v) is 6.76. The molecule has 4 aromatic carbocycles. The van der Waals surface area contributed by atoms with E-state index in [1.165, 1.54) is 27.7 Å². The molecule has 0 bridgehead atoms. The van der Waals surface area contributed by atoms with Crippen molar-refractivity contribution in [2.75, 3.05) is 0 Å². The Bertz CT molecular complexity index is 1950. The van der Waals surface area contributed by atoms with Crippen LogP contribution in [-0.2, 0) is 0 Å². The van der Waals surface area contributed by atoms with E-state index in [4.69, 9.17) is 10.7 Å². The molecule has 0 aliphatic rings. The monoisotopic (exact) mass is 488 g/mol. The van der Waals surface area contributed by atoms with Gasteiger partial charge in [-0.3, -0.25) is 0 Å². The number of pyridine rings is 1. The molecule has 0 spiro atoms. The molecule has 0 saturated carbocycles. The van der Waals surface area contributed by atoms with Crippen molar-refractivity contribution in [1.29, 1.82) is 5.26 Å². The molecule has 2 N–H and O–H groups in total. The molecule has 180 valence electrons. The maximum atomic E-state index is 9.21. The standard InChI is InChI=1S/C34H24N4/c1-23(22-36)20-26(18-19-35)31-13-7-12-30(37-31)25-14-16-29-33(21-25)38(27-9-3-2-4-10-27)32-17-15-24-8-5-6-11-28(24)34(29)32/h2-21H,1,35H2/b19-18-,26-20+. The fraction of sp³-hybridized carbons (Fsp3) is 0. The van der Waals surface area contributed by atoms with Gasteiger partial charge in [-0.05, 0) is 65.5 Å². The lowest BCUT2D eigenvalue weighted by Crippen LogP contribution is -1.94. The Morgan fingerprint density at radius 3 is 2.47 bits per heavy atom. The molecule has 0 unspecified atom stereocenters. The summed E-state index contributed by atoms with van der Waals surface area (Å²) in [5.74, 6) is 0. The SMILES string of the molecule is C=C(C#N)/C=C(\C=C/N)c1cccc(-c2ccc3c4c5ccccc5ccc4n(-c4ccccc4)c3c2)n1. The molecule has 0 atom stereocenters. The van der Waals surface area contributed by atoms with E-state index >= 15 is 0 Å². The van der Waals surface area contributed by atoms with Gasteiger partial charge < -0.3 is 10.3 Å². The minimum atomic E-state index is 0.339. The van der Waals surface area contributed by atoms with Gasteiger partial charge in [0.25, 0.3) is 0 Å². The van der Waals surface area contributed by atoms with E-state index in [2.05, 4.69) is 96.1 Å². The highest BCUT2D eigenvalue weighted by Gasteiger charge is 2.16. The summed E-state index contributed by atoms with van der Waals surface area (Å²) in [6.45, 7) is 3.77. The minimum Gasteiger partial charge on any atom is -0.405 e. The molecule has 4 nitrogen and oxygen atoms in total. The van der Waals surface area contributed by atoms with Gasteiger partial charge in [-0.15, -0.1) is 0 Å². The molecule has 0 amide bonds. The van der Waals surface area contributed by atoms with Gasteiger partial charge in [-0.1, -0.05) is 73.3 Å². The van der Waals surface area contributed by atoms with Crippen LogP contribution in [0.2, 0.25) is 0 Å². The second kappa shape index (κ2) is 9.57. The van der Waals surface area contributed by atoms with Crippen molar-refractivity contribution >= 4 is 38.2 Å². The number of nitrogens with two attached hydrogens (primary N) is 1. The predicted molar refractivity (Wildman–Crippen MR) is 158 cm³/mol. The van der Waals surface area contributed by atoms with Crippen molar-refractivity contribution in [1.82, 2.24) is 9.55 Å². The van der Waals surface area contributed by atoms with Crippen LogP contribution < -0.4 is 5.73 Å². The Morgan fingerprint density at radius 1 is 0.842 bits per heavy atom. The Hall–Kier alpha value is -5.40. The molecule has 2 aromatic heterocycles. The van der Waals surface area contributed by atoms with Gasteiger partial charge in [0.05, 0.1) is 28.5 Å². The molecule has 38 heavy (non-hydrogen) atoms. The number of para-hydroxylation sites is 1. The van der Waals surface area contributed by atoms with E-state index in [-0.39, 0.29) is 0 Å². The van der Waals surface area contributed by atoms with Crippen molar-refractivity contribution in [3.05, 3.63) is 139 Å². The number of hydrogen-bond acceptors (Lipinski definition) is 3. The minimum absolute atomic E-state index is 0.339. The number of hydrogen-bond donors (Lipinski definition) is 1. The molecule has 0 aliphatic carbocycles. The third kappa shape index (κ3) is 3.93. The fourth-order valence-corrected chi connectivity index (χ4v) is 5.09. The van der Waals surface area contributed by atoms with E-state index in [0.29, 0.717) is 5.57 Å². The van der Waals surface area contributed by atoms with Gasteiger partial charge >= 0.3 is 0 Å². The Kier molecular flexibility index (Phi) is 5.80. The highest BCUT2D eigenvalue weighted by atomic mass is 15.0. The first-order valence-electron chi connectivity index (χ1n) is 12.4. The summed E-state index contributed by atoms with van der Waals surface area (Å²) in [7, 11) is 0. The first-order valence-corrected chi connectivity index (χ1v) is 12.4. The maximum absolute atomic E-state index is 9.21. The molecule has 2 heterocycles. The molecule has 0 saturated heterocycles. The molecular formula is C34H24N4. The molecule has 0 radical (unpaired) electrons. The average molecular weight is 489 g/mol. The summed E-state index contributed by atoms with van der Waals surface area (Å²) in [5.41, 5.74) is 12.7. The summed E-state index contributed by atoms with van der Waals surface area (Å²) >= 11 is 0. The van der Waals surface area contributed by atoms with Crippen LogP contribution in [0, 0.1) is 11.3 Å². The summed E-state index contributed by atoms with van der Waals surface area (Å²) < 4.78 is 2.32. The Morgan fingerprint density at radius 2 is 1.66 bits per heavy atom. The molecule has 0 fully saturated rings. The zero-order valence-electron chi connectivity index (χ0n) is 20.7. The lowest BCUT2D eigenvalue weighted by molar-refractivity contribution is 1.18. The number of benzene rings is 4. The van der Waals surface area contributed by atoms with Crippen molar-refractivity contribution in [2.24, 2.45) is 5.73 Å². The topological polar surface area (TPSA) is 67.6 Å².